The molecule has 1 amide bonds. The van der Waals surface area contributed by atoms with Gasteiger partial charge in [0.1, 0.15) is 0 Å². The number of likely N-dealkylation sites (N-methyl/N-ethyl adjacent to an activating group) is 1. The number of esters is 1. The van der Waals surface area contributed by atoms with Gasteiger partial charge in [0.05, 0.1) is 20.2 Å². The maximum Gasteiger partial charge on any atom is 0.319 e. The summed E-state index contributed by atoms with van der Waals surface area (Å²) in [5, 5.41) is 0. The van der Waals surface area contributed by atoms with Crippen LogP contribution in [-0.2, 0) is 14.3 Å². The monoisotopic (exact) mass is 282 g/mol. The van der Waals surface area contributed by atoms with E-state index in [1.165, 1.54) is 7.11 Å². The minimum Gasteiger partial charge on any atom is -0.468 e. The first-order valence-electron chi connectivity index (χ1n) is 7.29. The van der Waals surface area contributed by atoms with Gasteiger partial charge in [0.25, 0.3) is 0 Å². The summed E-state index contributed by atoms with van der Waals surface area (Å²) in [4.78, 5) is 27.5. The summed E-state index contributed by atoms with van der Waals surface area (Å²) in [6.07, 6.45) is 5.28. The van der Waals surface area contributed by atoms with Crippen molar-refractivity contribution in [2.24, 2.45) is 0 Å². The van der Waals surface area contributed by atoms with Crippen molar-refractivity contribution in [1.82, 2.24) is 9.80 Å². The van der Waals surface area contributed by atoms with Crippen LogP contribution in [0.2, 0.25) is 0 Å². The molecule has 0 N–H and O–H groups in total. The zero-order chi connectivity index (χ0) is 15.1. The summed E-state index contributed by atoms with van der Waals surface area (Å²) in [5.74, 6) is -0.257. The smallest absolute Gasteiger partial charge is 0.319 e. The van der Waals surface area contributed by atoms with Crippen molar-refractivity contribution in [1.29, 1.82) is 0 Å². The van der Waals surface area contributed by atoms with Gasteiger partial charge < -0.3 is 9.64 Å². The second-order valence-electron chi connectivity index (χ2n) is 5.30. The first-order valence-corrected chi connectivity index (χ1v) is 7.29. The normalized spacial score (nSPS) is 14.6. The van der Waals surface area contributed by atoms with Crippen LogP contribution in [0.15, 0.2) is 11.8 Å². The van der Waals surface area contributed by atoms with Gasteiger partial charge in [0.2, 0.25) is 5.91 Å². The molecule has 1 aliphatic rings. The molecule has 0 aliphatic heterocycles. The fourth-order valence-electron chi connectivity index (χ4n) is 2.35. The van der Waals surface area contributed by atoms with Crippen LogP contribution < -0.4 is 0 Å². The Morgan fingerprint density at radius 2 is 2.05 bits per heavy atom. The molecule has 0 atom stereocenters. The van der Waals surface area contributed by atoms with E-state index in [0.29, 0.717) is 6.54 Å². The highest BCUT2D eigenvalue weighted by Crippen LogP contribution is 2.21. The number of carbonyl (C=O) groups is 2. The molecule has 0 aromatic rings. The molecule has 0 aromatic heterocycles. The quantitative estimate of drug-likeness (QED) is 0.668. The summed E-state index contributed by atoms with van der Waals surface area (Å²) in [7, 11) is 1.37. The highest BCUT2D eigenvalue weighted by Gasteiger charge is 2.23. The van der Waals surface area contributed by atoms with E-state index >= 15 is 0 Å². The molecular formula is C15H26N2O3. The molecule has 20 heavy (non-hydrogen) atoms. The van der Waals surface area contributed by atoms with Gasteiger partial charge in [-0.3, -0.25) is 14.5 Å². The number of methoxy groups -OCH3 is 1. The Morgan fingerprint density at radius 3 is 2.50 bits per heavy atom. The highest BCUT2D eigenvalue weighted by atomic mass is 16.5. The van der Waals surface area contributed by atoms with Crippen molar-refractivity contribution in [2.45, 2.75) is 46.1 Å². The third-order valence-electron chi connectivity index (χ3n) is 3.61. The van der Waals surface area contributed by atoms with E-state index in [1.54, 1.807) is 0 Å². The van der Waals surface area contributed by atoms with E-state index in [1.807, 2.05) is 30.6 Å². The average molecular weight is 282 g/mol. The number of rotatable bonds is 7. The van der Waals surface area contributed by atoms with Gasteiger partial charge in [-0.15, -0.1) is 0 Å². The van der Waals surface area contributed by atoms with E-state index in [4.69, 9.17) is 0 Å². The van der Waals surface area contributed by atoms with E-state index in [9.17, 15) is 9.59 Å². The first kappa shape index (κ1) is 16.7. The molecule has 0 saturated carbocycles. The average Bonchev–Trinajstić information content (AvgIpc) is 2.92. The van der Waals surface area contributed by atoms with Gasteiger partial charge >= 0.3 is 5.97 Å². The number of nitrogens with zero attached hydrogens (tertiary/aromatic N) is 2. The highest BCUT2D eigenvalue weighted by molar-refractivity contribution is 5.81. The standard InChI is InChI=1S/C15H26N2O3/c1-5-17(13-8-6-7-9-13)14(18)10-16(12(2)3)11-15(19)20-4/h8,12H,5-7,9-11H2,1-4H3. The third kappa shape index (κ3) is 4.63. The van der Waals surface area contributed by atoms with Crippen LogP contribution in [0.1, 0.15) is 40.0 Å². The number of hydrogen-bond acceptors (Lipinski definition) is 4. The van der Waals surface area contributed by atoms with Crippen molar-refractivity contribution in [3.8, 4) is 0 Å². The number of carbonyl (C=O) groups excluding carboxylic acids is 2. The Kier molecular flexibility index (Phi) is 6.71. The maximum absolute atomic E-state index is 12.4. The van der Waals surface area contributed by atoms with Gasteiger partial charge in [-0.25, -0.2) is 0 Å². The minimum absolute atomic E-state index is 0.0539. The minimum atomic E-state index is -0.311. The fraction of sp³-hybridized carbons (Fsp3) is 0.733. The molecule has 0 aromatic carbocycles. The number of hydrogen-bond donors (Lipinski definition) is 0. The Morgan fingerprint density at radius 1 is 1.35 bits per heavy atom. The van der Waals surface area contributed by atoms with Crippen LogP contribution in [0.4, 0.5) is 0 Å². The lowest BCUT2D eigenvalue weighted by atomic mass is 10.2. The van der Waals surface area contributed by atoms with Crippen molar-refractivity contribution in [3.05, 3.63) is 11.8 Å². The van der Waals surface area contributed by atoms with Crippen molar-refractivity contribution >= 4 is 11.9 Å². The van der Waals surface area contributed by atoms with E-state index < -0.39 is 0 Å². The molecule has 5 heteroatoms. The Hall–Kier alpha value is -1.36. The molecule has 0 fully saturated rings. The first-order chi connectivity index (χ1) is 9.49. The molecule has 0 bridgehead atoms. The van der Waals surface area contributed by atoms with E-state index in [0.717, 1.165) is 25.0 Å². The largest absolute Gasteiger partial charge is 0.468 e. The van der Waals surface area contributed by atoms with Crippen LogP contribution in [0.5, 0.6) is 0 Å². The van der Waals surface area contributed by atoms with Crippen LogP contribution in [0, 0.1) is 0 Å². The second-order valence-corrected chi connectivity index (χ2v) is 5.30. The lowest BCUT2D eigenvalue weighted by molar-refractivity contribution is -0.143. The van der Waals surface area contributed by atoms with E-state index in [2.05, 4.69) is 10.8 Å². The van der Waals surface area contributed by atoms with Gasteiger partial charge in [0, 0.05) is 18.3 Å². The zero-order valence-corrected chi connectivity index (χ0v) is 13.0. The molecular weight excluding hydrogens is 256 g/mol. The Labute approximate surface area is 121 Å². The number of allylic oxidation sites excluding steroid dienone is 2. The lowest BCUT2D eigenvalue weighted by Crippen LogP contribution is -2.44. The maximum atomic E-state index is 12.4. The fourth-order valence-corrected chi connectivity index (χ4v) is 2.35. The molecule has 0 unspecified atom stereocenters. The van der Waals surface area contributed by atoms with Crippen molar-refractivity contribution < 1.29 is 14.3 Å². The predicted molar refractivity (Wildman–Crippen MR) is 78.0 cm³/mol. The molecule has 0 saturated heterocycles. The van der Waals surface area contributed by atoms with Crippen LogP contribution in [-0.4, -0.2) is 54.5 Å². The zero-order valence-electron chi connectivity index (χ0n) is 13.0. The molecule has 0 spiro atoms. The summed E-state index contributed by atoms with van der Waals surface area (Å²) in [6.45, 7) is 7.00. The Balaban J connectivity index is 2.66. The number of amides is 1. The molecule has 0 radical (unpaired) electrons. The topological polar surface area (TPSA) is 49.9 Å². The van der Waals surface area contributed by atoms with Crippen LogP contribution >= 0.6 is 0 Å². The predicted octanol–water partition coefficient (Wildman–Crippen LogP) is 1.79. The van der Waals surface area contributed by atoms with E-state index in [-0.39, 0.29) is 31.0 Å². The van der Waals surface area contributed by atoms with Gasteiger partial charge in [-0.2, -0.15) is 0 Å². The summed E-state index contributed by atoms with van der Waals surface area (Å²) in [6, 6.07) is 0.120. The summed E-state index contributed by atoms with van der Waals surface area (Å²) >= 11 is 0. The molecule has 5 nitrogen and oxygen atoms in total. The number of ether oxygens (including phenoxy) is 1. The lowest BCUT2D eigenvalue weighted by Gasteiger charge is -2.29. The molecule has 114 valence electrons. The van der Waals surface area contributed by atoms with Gasteiger partial charge in [-0.1, -0.05) is 6.08 Å². The van der Waals surface area contributed by atoms with Crippen LogP contribution in [0.3, 0.4) is 0 Å². The summed E-state index contributed by atoms with van der Waals surface area (Å²) in [5.41, 5.74) is 1.12. The third-order valence-corrected chi connectivity index (χ3v) is 3.61. The SMILES string of the molecule is CCN(C(=O)CN(CC(=O)OC)C(C)C)C1=CCCC1. The van der Waals surface area contributed by atoms with Gasteiger partial charge in [-0.05, 0) is 40.0 Å². The van der Waals surface area contributed by atoms with Crippen molar-refractivity contribution in [2.75, 3.05) is 26.7 Å². The van der Waals surface area contributed by atoms with Crippen LogP contribution in [0.25, 0.3) is 0 Å². The molecule has 1 aliphatic carbocycles. The van der Waals surface area contributed by atoms with Crippen molar-refractivity contribution in [3.63, 3.8) is 0 Å². The van der Waals surface area contributed by atoms with Gasteiger partial charge in [0.15, 0.2) is 0 Å². The second kappa shape index (κ2) is 8.04. The summed E-state index contributed by atoms with van der Waals surface area (Å²) < 4.78 is 4.68. The molecule has 0 heterocycles. The molecule has 1 rings (SSSR count). The Bertz CT molecular complexity index is 377.